The van der Waals surface area contributed by atoms with Crippen molar-refractivity contribution in [1.82, 2.24) is 15.1 Å². The molecule has 0 aromatic carbocycles. The minimum Gasteiger partial charge on any atom is -0.392 e. The molecule has 2 N–H and O–H groups in total. The Hall–Kier alpha value is -1.96. The number of aryl methyl sites for hydroxylation is 2. The Labute approximate surface area is 142 Å². The summed E-state index contributed by atoms with van der Waals surface area (Å²) in [6, 6.07) is 0. The van der Waals surface area contributed by atoms with Gasteiger partial charge in [0.05, 0.1) is 17.6 Å². The van der Waals surface area contributed by atoms with Gasteiger partial charge in [0.2, 0.25) is 5.91 Å². The number of nitro groups is 1. The van der Waals surface area contributed by atoms with Crippen molar-refractivity contribution in [3.63, 3.8) is 0 Å². The number of aliphatic hydroxyl groups is 1. The molecule has 1 heterocycles. The monoisotopic (exact) mass is 340 g/mol. The van der Waals surface area contributed by atoms with Crippen molar-refractivity contribution in [1.29, 1.82) is 0 Å². The largest absolute Gasteiger partial charge is 0.392 e. The smallest absolute Gasteiger partial charge is 0.312 e. The molecule has 1 rings (SSSR count). The SMILES string of the molecule is Cc1nn(CCC(=O)NCC(C)(C)C(O)C(C)C)c(C)c1[N+](=O)[O-]. The molecule has 0 saturated carbocycles. The summed E-state index contributed by atoms with van der Waals surface area (Å²) in [5, 5.41) is 28.1. The highest BCUT2D eigenvalue weighted by Gasteiger charge is 2.30. The van der Waals surface area contributed by atoms with E-state index in [1.54, 1.807) is 13.8 Å². The average molecular weight is 340 g/mol. The summed E-state index contributed by atoms with van der Waals surface area (Å²) >= 11 is 0. The highest BCUT2D eigenvalue weighted by molar-refractivity contribution is 5.75. The van der Waals surface area contributed by atoms with Gasteiger partial charge in [-0.3, -0.25) is 19.6 Å². The van der Waals surface area contributed by atoms with Gasteiger partial charge in [-0.05, 0) is 19.8 Å². The molecule has 24 heavy (non-hydrogen) atoms. The fourth-order valence-electron chi connectivity index (χ4n) is 2.80. The van der Waals surface area contributed by atoms with E-state index in [2.05, 4.69) is 10.4 Å². The molecule has 1 aromatic heterocycles. The minimum atomic E-state index is -0.517. The van der Waals surface area contributed by atoms with E-state index in [4.69, 9.17) is 0 Å². The van der Waals surface area contributed by atoms with Gasteiger partial charge in [-0.1, -0.05) is 27.7 Å². The summed E-state index contributed by atoms with van der Waals surface area (Å²) in [5.41, 5.74) is 0.359. The van der Waals surface area contributed by atoms with E-state index in [9.17, 15) is 20.0 Å². The number of carbonyl (C=O) groups is 1. The fraction of sp³-hybridized carbons (Fsp3) is 0.750. The van der Waals surface area contributed by atoms with Crippen molar-refractivity contribution in [2.45, 2.75) is 60.6 Å². The second-order valence-electron chi connectivity index (χ2n) is 7.20. The lowest BCUT2D eigenvalue weighted by Gasteiger charge is -2.33. The zero-order chi connectivity index (χ0) is 18.7. The first kappa shape index (κ1) is 20.1. The third-order valence-corrected chi connectivity index (χ3v) is 4.25. The molecule has 0 saturated heterocycles. The summed E-state index contributed by atoms with van der Waals surface area (Å²) in [4.78, 5) is 22.5. The summed E-state index contributed by atoms with van der Waals surface area (Å²) in [7, 11) is 0. The zero-order valence-electron chi connectivity index (χ0n) is 15.3. The molecule has 8 nitrogen and oxygen atoms in total. The predicted molar refractivity (Wildman–Crippen MR) is 90.6 cm³/mol. The maximum absolute atomic E-state index is 12.0. The van der Waals surface area contributed by atoms with Crippen molar-refractivity contribution < 1.29 is 14.8 Å². The second-order valence-corrected chi connectivity index (χ2v) is 7.20. The predicted octanol–water partition coefficient (Wildman–Crippen LogP) is 1.96. The molecule has 1 atom stereocenters. The van der Waals surface area contributed by atoms with Crippen LogP contribution in [0.3, 0.4) is 0 Å². The molecule has 0 aliphatic carbocycles. The van der Waals surface area contributed by atoms with Gasteiger partial charge in [-0.15, -0.1) is 0 Å². The topological polar surface area (TPSA) is 110 Å². The van der Waals surface area contributed by atoms with Crippen molar-refractivity contribution in [2.75, 3.05) is 6.54 Å². The van der Waals surface area contributed by atoms with Crippen LogP contribution in [-0.2, 0) is 11.3 Å². The first-order valence-corrected chi connectivity index (χ1v) is 8.10. The Bertz CT molecular complexity index is 607. The standard InChI is InChI=1S/C16H28N4O4/c1-10(2)15(22)16(5,6)9-17-13(21)7-8-19-12(4)14(20(23)24)11(3)18-19/h10,15,22H,7-9H2,1-6H3,(H,17,21). The minimum absolute atomic E-state index is 0.00315. The quantitative estimate of drug-likeness (QED) is 0.555. The van der Waals surface area contributed by atoms with Crippen LogP contribution in [0.15, 0.2) is 0 Å². The van der Waals surface area contributed by atoms with Crippen molar-refractivity contribution >= 4 is 11.6 Å². The van der Waals surface area contributed by atoms with Gasteiger partial charge in [0.25, 0.3) is 0 Å². The highest BCUT2D eigenvalue weighted by atomic mass is 16.6. The van der Waals surface area contributed by atoms with Crippen LogP contribution < -0.4 is 5.32 Å². The molecule has 8 heteroatoms. The van der Waals surface area contributed by atoms with E-state index < -0.39 is 16.4 Å². The molecule has 136 valence electrons. The third-order valence-electron chi connectivity index (χ3n) is 4.25. The van der Waals surface area contributed by atoms with E-state index in [0.717, 1.165) is 0 Å². The van der Waals surface area contributed by atoms with Crippen LogP contribution in [0.25, 0.3) is 0 Å². The molecule has 1 amide bonds. The van der Waals surface area contributed by atoms with Crippen LogP contribution in [0.4, 0.5) is 5.69 Å². The molecule has 1 aromatic rings. The Kier molecular flexibility index (Phi) is 6.48. The van der Waals surface area contributed by atoms with E-state index in [1.165, 1.54) is 4.68 Å². The lowest BCUT2D eigenvalue weighted by molar-refractivity contribution is -0.386. The maximum atomic E-state index is 12.0. The Morgan fingerprint density at radius 3 is 2.46 bits per heavy atom. The number of nitrogens with one attached hydrogen (secondary N) is 1. The molecule has 0 radical (unpaired) electrons. The average Bonchev–Trinajstić information content (AvgIpc) is 2.76. The lowest BCUT2D eigenvalue weighted by Crippen LogP contribution is -2.43. The van der Waals surface area contributed by atoms with Gasteiger partial charge in [0, 0.05) is 18.4 Å². The molecule has 0 aliphatic heterocycles. The molecule has 0 bridgehead atoms. The van der Waals surface area contributed by atoms with E-state index in [0.29, 0.717) is 17.9 Å². The summed E-state index contributed by atoms with van der Waals surface area (Å²) < 4.78 is 1.49. The molecular weight excluding hydrogens is 312 g/mol. The van der Waals surface area contributed by atoms with E-state index in [-0.39, 0.29) is 30.5 Å². The van der Waals surface area contributed by atoms with E-state index >= 15 is 0 Å². The number of amides is 1. The number of nitrogens with zero attached hydrogens (tertiary/aromatic N) is 3. The van der Waals surface area contributed by atoms with Gasteiger partial charge >= 0.3 is 5.69 Å². The van der Waals surface area contributed by atoms with Crippen LogP contribution in [0.2, 0.25) is 0 Å². The maximum Gasteiger partial charge on any atom is 0.312 e. The Balaban J connectivity index is 2.59. The Morgan fingerprint density at radius 2 is 2.00 bits per heavy atom. The van der Waals surface area contributed by atoms with Crippen molar-refractivity contribution in [3.05, 3.63) is 21.5 Å². The van der Waals surface area contributed by atoms with Gasteiger partial charge in [-0.2, -0.15) is 5.10 Å². The van der Waals surface area contributed by atoms with Gasteiger partial charge in [-0.25, -0.2) is 0 Å². The van der Waals surface area contributed by atoms with Crippen LogP contribution in [0.1, 0.15) is 45.5 Å². The normalized spacial score (nSPS) is 13.2. The molecule has 0 fully saturated rings. The van der Waals surface area contributed by atoms with Crippen LogP contribution in [0, 0.1) is 35.3 Å². The fourth-order valence-corrected chi connectivity index (χ4v) is 2.80. The Morgan fingerprint density at radius 1 is 1.42 bits per heavy atom. The molecule has 0 spiro atoms. The number of aromatic nitrogens is 2. The molecule has 0 aliphatic rings. The van der Waals surface area contributed by atoms with Crippen LogP contribution >= 0.6 is 0 Å². The van der Waals surface area contributed by atoms with Gasteiger partial charge < -0.3 is 10.4 Å². The first-order valence-electron chi connectivity index (χ1n) is 8.10. The second kappa shape index (κ2) is 7.74. The number of carbonyl (C=O) groups excluding carboxylic acids is 1. The number of rotatable bonds is 8. The number of aliphatic hydroxyl groups excluding tert-OH is 1. The zero-order valence-corrected chi connectivity index (χ0v) is 15.3. The van der Waals surface area contributed by atoms with Gasteiger partial charge in [0.15, 0.2) is 0 Å². The number of hydrogen-bond donors (Lipinski definition) is 2. The third kappa shape index (κ3) is 4.77. The van der Waals surface area contributed by atoms with Crippen molar-refractivity contribution in [2.24, 2.45) is 11.3 Å². The van der Waals surface area contributed by atoms with Crippen molar-refractivity contribution in [3.8, 4) is 0 Å². The van der Waals surface area contributed by atoms with Gasteiger partial charge in [0.1, 0.15) is 11.4 Å². The van der Waals surface area contributed by atoms with Crippen LogP contribution in [0.5, 0.6) is 0 Å². The summed E-state index contributed by atoms with van der Waals surface area (Å²) in [6.45, 7) is 11.5. The van der Waals surface area contributed by atoms with Crippen LogP contribution in [-0.4, -0.2) is 38.4 Å². The van der Waals surface area contributed by atoms with E-state index in [1.807, 2.05) is 27.7 Å². The summed E-state index contributed by atoms with van der Waals surface area (Å²) in [5.74, 6) is -0.0682. The molecule has 1 unspecified atom stereocenters. The lowest BCUT2D eigenvalue weighted by atomic mass is 9.80. The first-order chi connectivity index (χ1) is 11.0. The number of hydrogen-bond acceptors (Lipinski definition) is 5. The highest BCUT2D eigenvalue weighted by Crippen LogP contribution is 2.25. The molecular formula is C16H28N4O4. The summed E-state index contributed by atoms with van der Waals surface area (Å²) in [6.07, 6.45) is -0.344.